The van der Waals surface area contributed by atoms with Gasteiger partial charge in [-0.05, 0) is 23.6 Å². The zero-order valence-corrected chi connectivity index (χ0v) is 17.5. The van der Waals surface area contributed by atoms with Gasteiger partial charge in [0.05, 0.1) is 12.2 Å². The van der Waals surface area contributed by atoms with Gasteiger partial charge in [-0.3, -0.25) is 10.00 Å². The molecule has 9 heteroatoms. The van der Waals surface area contributed by atoms with Crippen LogP contribution in [0, 0.1) is 0 Å². The maximum Gasteiger partial charge on any atom is 0.415 e. The summed E-state index contributed by atoms with van der Waals surface area (Å²) in [6, 6.07) is 19.7. The molecule has 0 radical (unpaired) electrons. The van der Waals surface area contributed by atoms with Crippen LogP contribution < -0.4 is 4.90 Å². The zero-order valence-electron chi connectivity index (χ0n) is 17.5. The van der Waals surface area contributed by atoms with Gasteiger partial charge in [-0.2, -0.15) is 10.2 Å². The molecule has 1 amide bonds. The van der Waals surface area contributed by atoms with E-state index in [9.17, 15) is 4.79 Å². The lowest BCUT2D eigenvalue weighted by Crippen LogP contribution is -2.35. The number of anilines is 1. The van der Waals surface area contributed by atoms with E-state index in [1.54, 1.807) is 21.7 Å². The van der Waals surface area contributed by atoms with Gasteiger partial charge < -0.3 is 4.74 Å². The van der Waals surface area contributed by atoms with Gasteiger partial charge in [-0.1, -0.05) is 54.6 Å². The number of nitrogens with zero attached hydrogens (tertiary/aromatic N) is 6. The van der Waals surface area contributed by atoms with Gasteiger partial charge in [0.1, 0.15) is 18.8 Å². The van der Waals surface area contributed by atoms with E-state index in [1.807, 2.05) is 48.7 Å². The molecular formula is C24H19N7O2. The highest BCUT2D eigenvalue weighted by atomic mass is 16.6. The number of hydrogen-bond acceptors (Lipinski definition) is 6. The molecule has 2 aromatic carbocycles. The SMILES string of the molecule is O=C1OCC(Cc2ccccc2)N1c1ccn2ncc(-c3ccc(-c4ncn[nH]4)cc3)c2n1. The van der Waals surface area contributed by atoms with Crippen LogP contribution in [0.3, 0.4) is 0 Å². The minimum absolute atomic E-state index is 0.123. The lowest BCUT2D eigenvalue weighted by Gasteiger charge is -2.20. The molecule has 0 aliphatic carbocycles. The third kappa shape index (κ3) is 3.49. The summed E-state index contributed by atoms with van der Waals surface area (Å²) in [4.78, 5) is 23.2. The van der Waals surface area contributed by atoms with E-state index < -0.39 is 0 Å². The van der Waals surface area contributed by atoms with Gasteiger partial charge >= 0.3 is 6.09 Å². The Kier molecular flexibility index (Phi) is 4.57. The Morgan fingerprint density at radius 3 is 2.64 bits per heavy atom. The number of carbonyl (C=O) groups excluding carboxylic acids is 1. The van der Waals surface area contributed by atoms with Crippen molar-refractivity contribution < 1.29 is 9.53 Å². The van der Waals surface area contributed by atoms with Crippen molar-refractivity contribution in [2.24, 2.45) is 0 Å². The van der Waals surface area contributed by atoms with Crippen LogP contribution in [0.5, 0.6) is 0 Å². The summed E-state index contributed by atoms with van der Waals surface area (Å²) < 4.78 is 7.08. The van der Waals surface area contributed by atoms with E-state index >= 15 is 0 Å². The fourth-order valence-corrected chi connectivity index (χ4v) is 4.13. The molecule has 0 bridgehead atoms. The Morgan fingerprint density at radius 1 is 1.03 bits per heavy atom. The van der Waals surface area contributed by atoms with Crippen LogP contribution in [0.1, 0.15) is 5.56 Å². The monoisotopic (exact) mass is 437 g/mol. The average molecular weight is 437 g/mol. The lowest BCUT2D eigenvalue weighted by atomic mass is 10.1. The highest BCUT2D eigenvalue weighted by Crippen LogP contribution is 2.29. The molecule has 1 N–H and O–H groups in total. The maximum absolute atomic E-state index is 12.6. The summed E-state index contributed by atoms with van der Waals surface area (Å²) >= 11 is 0. The second-order valence-corrected chi connectivity index (χ2v) is 7.81. The second-order valence-electron chi connectivity index (χ2n) is 7.81. The number of rotatable bonds is 5. The van der Waals surface area contributed by atoms with Crippen molar-refractivity contribution in [1.29, 1.82) is 0 Å². The first-order chi connectivity index (χ1) is 16.3. The number of H-pyrrole nitrogens is 1. The molecular weight excluding hydrogens is 418 g/mol. The summed E-state index contributed by atoms with van der Waals surface area (Å²) in [6.45, 7) is 0.329. The number of cyclic esters (lactones) is 1. The Hall–Kier alpha value is -4.53. The largest absolute Gasteiger partial charge is 0.447 e. The number of nitrogens with one attached hydrogen (secondary N) is 1. The molecule has 1 aliphatic heterocycles. The molecule has 1 fully saturated rings. The Morgan fingerprint density at radius 2 is 1.85 bits per heavy atom. The molecule has 1 aliphatic rings. The van der Waals surface area contributed by atoms with Crippen LogP contribution in [0.2, 0.25) is 0 Å². The zero-order chi connectivity index (χ0) is 22.2. The molecule has 1 unspecified atom stereocenters. The fourth-order valence-electron chi connectivity index (χ4n) is 4.13. The third-order valence-electron chi connectivity index (χ3n) is 5.76. The Labute approximate surface area is 188 Å². The van der Waals surface area contributed by atoms with Crippen molar-refractivity contribution in [2.45, 2.75) is 12.5 Å². The molecule has 3 aromatic heterocycles. The third-order valence-corrected chi connectivity index (χ3v) is 5.76. The van der Waals surface area contributed by atoms with Crippen molar-refractivity contribution in [3.63, 3.8) is 0 Å². The Bertz CT molecular complexity index is 1410. The smallest absolute Gasteiger partial charge is 0.415 e. The minimum atomic E-state index is -0.384. The van der Waals surface area contributed by atoms with E-state index in [1.165, 1.54) is 6.33 Å². The quantitative estimate of drug-likeness (QED) is 0.449. The number of amides is 1. The van der Waals surface area contributed by atoms with Crippen LogP contribution in [0.4, 0.5) is 10.6 Å². The molecule has 33 heavy (non-hydrogen) atoms. The first kappa shape index (κ1) is 19.2. The highest BCUT2D eigenvalue weighted by Gasteiger charge is 2.35. The van der Waals surface area contributed by atoms with Gasteiger partial charge in [-0.25, -0.2) is 19.3 Å². The average Bonchev–Trinajstić information content (AvgIpc) is 3.60. The van der Waals surface area contributed by atoms with Crippen LogP contribution >= 0.6 is 0 Å². The Balaban J connectivity index is 1.34. The summed E-state index contributed by atoms with van der Waals surface area (Å²) in [5.41, 5.74) is 4.57. The van der Waals surface area contributed by atoms with Crippen LogP contribution in [-0.2, 0) is 11.2 Å². The minimum Gasteiger partial charge on any atom is -0.447 e. The summed E-state index contributed by atoms with van der Waals surface area (Å²) in [5, 5.41) is 11.2. The van der Waals surface area contributed by atoms with Crippen molar-refractivity contribution in [1.82, 2.24) is 29.8 Å². The summed E-state index contributed by atoms with van der Waals surface area (Å²) in [6.07, 6.45) is 5.38. The maximum atomic E-state index is 12.6. The number of aromatic amines is 1. The molecule has 1 atom stereocenters. The van der Waals surface area contributed by atoms with E-state index in [4.69, 9.17) is 9.72 Å². The number of aromatic nitrogens is 6. The van der Waals surface area contributed by atoms with Crippen molar-refractivity contribution in [2.75, 3.05) is 11.5 Å². The van der Waals surface area contributed by atoms with E-state index in [2.05, 4.69) is 32.4 Å². The fraction of sp³-hybridized carbons (Fsp3) is 0.125. The van der Waals surface area contributed by atoms with Crippen LogP contribution in [-0.4, -0.2) is 48.5 Å². The van der Waals surface area contributed by atoms with Gasteiger partial charge in [-0.15, -0.1) is 0 Å². The topological polar surface area (TPSA) is 101 Å². The van der Waals surface area contributed by atoms with E-state index in [-0.39, 0.29) is 12.1 Å². The van der Waals surface area contributed by atoms with Crippen molar-refractivity contribution in [3.05, 3.63) is 84.9 Å². The molecule has 5 aromatic rings. The van der Waals surface area contributed by atoms with Crippen molar-refractivity contribution in [3.8, 4) is 22.5 Å². The van der Waals surface area contributed by atoms with Crippen molar-refractivity contribution >= 4 is 17.6 Å². The molecule has 6 rings (SSSR count). The number of ether oxygens (including phenoxy) is 1. The summed E-state index contributed by atoms with van der Waals surface area (Å²) in [7, 11) is 0. The van der Waals surface area contributed by atoms with Gasteiger partial charge in [0.15, 0.2) is 11.5 Å². The standard InChI is InChI=1S/C24H19N7O2/c32-24-31(19(14-33-24)12-16-4-2-1-3-5-16)21-10-11-30-23(28-21)20(13-27-30)17-6-8-18(9-7-17)22-25-15-26-29-22/h1-11,13,15,19H,12,14H2,(H,25,26,29). The number of benzene rings is 2. The first-order valence-corrected chi connectivity index (χ1v) is 10.6. The number of hydrogen-bond donors (Lipinski definition) is 1. The van der Waals surface area contributed by atoms with Gasteiger partial charge in [0.25, 0.3) is 0 Å². The molecule has 4 heterocycles. The molecule has 9 nitrogen and oxygen atoms in total. The van der Waals surface area contributed by atoms with Gasteiger partial charge in [0, 0.05) is 17.3 Å². The number of fused-ring (bicyclic) bond motifs is 1. The van der Waals surface area contributed by atoms with Crippen LogP contribution in [0.15, 0.2) is 79.4 Å². The molecule has 162 valence electrons. The predicted molar refractivity (Wildman–Crippen MR) is 122 cm³/mol. The lowest BCUT2D eigenvalue weighted by molar-refractivity contribution is 0.178. The van der Waals surface area contributed by atoms with Gasteiger partial charge in [0.2, 0.25) is 0 Å². The predicted octanol–water partition coefficient (Wildman–Crippen LogP) is 3.75. The van der Waals surface area contributed by atoms with E-state index in [0.717, 1.165) is 22.3 Å². The molecule has 0 saturated carbocycles. The normalized spacial score (nSPS) is 15.8. The van der Waals surface area contributed by atoms with Crippen LogP contribution in [0.25, 0.3) is 28.2 Å². The molecule has 0 spiro atoms. The number of carbonyl (C=O) groups is 1. The molecule has 1 saturated heterocycles. The highest BCUT2D eigenvalue weighted by molar-refractivity contribution is 5.90. The van der Waals surface area contributed by atoms with E-state index in [0.29, 0.717) is 30.3 Å². The summed E-state index contributed by atoms with van der Waals surface area (Å²) in [5.74, 6) is 1.25. The first-order valence-electron chi connectivity index (χ1n) is 10.6. The second kappa shape index (κ2) is 7.86.